The zero-order chi connectivity index (χ0) is 17.9. The minimum atomic E-state index is -0.897. The molecule has 0 spiro atoms. The number of ether oxygens (including phenoxy) is 2. The molecule has 3 unspecified atom stereocenters. The average Bonchev–Trinajstić information content (AvgIpc) is 2.44. The second-order valence-electron chi connectivity index (χ2n) is 6.44. The van der Waals surface area contributed by atoms with Gasteiger partial charge in [-0.05, 0) is 51.3 Å². The number of nitrogens with one attached hydrogen (secondary N) is 1. The molecule has 0 aromatic heterocycles. The number of benzene rings is 1. The second-order valence-corrected chi connectivity index (χ2v) is 6.44. The van der Waals surface area contributed by atoms with Crippen LogP contribution in [0.4, 0.5) is 0 Å². The third-order valence-corrected chi connectivity index (χ3v) is 4.34. The highest BCUT2D eigenvalue weighted by molar-refractivity contribution is 5.86. The number of hydrogen-bond acceptors (Lipinski definition) is 4. The Bertz CT molecular complexity index is 613. The molecule has 0 heterocycles. The van der Waals surface area contributed by atoms with Crippen LogP contribution in [0.5, 0.6) is 11.5 Å². The van der Waals surface area contributed by atoms with Gasteiger partial charge in [-0.15, -0.1) is 0 Å². The van der Waals surface area contributed by atoms with Gasteiger partial charge in [0.15, 0.2) is 11.5 Å². The van der Waals surface area contributed by atoms with E-state index >= 15 is 0 Å². The number of carbonyl (C=O) groups excluding carboxylic acids is 1. The van der Waals surface area contributed by atoms with Crippen molar-refractivity contribution in [1.82, 2.24) is 5.32 Å². The van der Waals surface area contributed by atoms with Crippen LogP contribution in [-0.4, -0.2) is 30.2 Å². The number of carboxylic acid groups (broad SMARTS) is 1. The molecule has 2 rings (SSSR count). The summed E-state index contributed by atoms with van der Waals surface area (Å²) in [5, 5.41) is 12.0. The summed E-state index contributed by atoms with van der Waals surface area (Å²) in [5.41, 5.74) is 0.877. The number of methoxy groups -OCH3 is 1. The fourth-order valence-corrected chi connectivity index (χ4v) is 2.82. The van der Waals surface area contributed by atoms with E-state index in [1.807, 2.05) is 39.0 Å². The highest BCUT2D eigenvalue weighted by atomic mass is 16.5. The maximum absolute atomic E-state index is 12.3. The van der Waals surface area contributed by atoms with E-state index in [9.17, 15) is 9.59 Å². The van der Waals surface area contributed by atoms with Crippen LogP contribution in [-0.2, 0) is 9.59 Å². The molecular formula is C18H25NO5. The summed E-state index contributed by atoms with van der Waals surface area (Å²) in [4.78, 5) is 23.3. The molecule has 1 aromatic rings. The van der Waals surface area contributed by atoms with Gasteiger partial charge in [-0.2, -0.15) is 0 Å². The molecule has 0 saturated heterocycles. The van der Waals surface area contributed by atoms with Gasteiger partial charge in [-0.1, -0.05) is 6.07 Å². The first-order chi connectivity index (χ1) is 11.3. The van der Waals surface area contributed by atoms with E-state index in [0.717, 1.165) is 5.56 Å². The minimum Gasteiger partial charge on any atom is -0.493 e. The lowest BCUT2D eigenvalue weighted by molar-refractivity contribution is -0.152. The van der Waals surface area contributed by atoms with Crippen molar-refractivity contribution in [2.24, 2.45) is 11.8 Å². The largest absolute Gasteiger partial charge is 0.493 e. The van der Waals surface area contributed by atoms with E-state index in [1.54, 1.807) is 7.11 Å². The van der Waals surface area contributed by atoms with Crippen molar-refractivity contribution in [3.8, 4) is 11.5 Å². The molecule has 6 nitrogen and oxygen atoms in total. The Morgan fingerprint density at radius 1 is 1.17 bits per heavy atom. The van der Waals surface area contributed by atoms with E-state index in [0.29, 0.717) is 24.3 Å². The third kappa shape index (κ3) is 3.99. The van der Waals surface area contributed by atoms with Crippen LogP contribution in [0.3, 0.4) is 0 Å². The summed E-state index contributed by atoms with van der Waals surface area (Å²) in [5.74, 6) is -0.841. The zero-order valence-corrected chi connectivity index (χ0v) is 14.5. The van der Waals surface area contributed by atoms with Crippen molar-refractivity contribution < 1.29 is 24.2 Å². The highest BCUT2D eigenvalue weighted by Crippen LogP contribution is 2.35. The molecule has 1 aliphatic rings. The SMILES string of the molecule is COc1cc(C(C)NC(=O)C2CCC2C(=O)O)ccc1OC(C)C. The maximum atomic E-state index is 12.3. The predicted octanol–water partition coefficient (Wildman–Crippen LogP) is 2.77. The Morgan fingerprint density at radius 3 is 2.33 bits per heavy atom. The van der Waals surface area contributed by atoms with E-state index in [4.69, 9.17) is 14.6 Å². The Morgan fingerprint density at radius 2 is 1.83 bits per heavy atom. The van der Waals surface area contributed by atoms with Crippen LogP contribution in [0.25, 0.3) is 0 Å². The smallest absolute Gasteiger partial charge is 0.307 e. The summed E-state index contributed by atoms with van der Waals surface area (Å²) in [6.45, 7) is 5.74. The Labute approximate surface area is 142 Å². The standard InChI is InChI=1S/C18H25NO5/c1-10(2)24-15-8-5-12(9-16(15)23-4)11(3)19-17(20)13-6-7-14(13)18(21)22/h5,8-11,13-14H,6-7H2,1-4H3,(H,19,20)(H,21,22). The number of carboxylic acids is 1. The topological polar surface area (TPSA) is 84.9 Å². The average molecular weight is 335 g/mol. The first-order valence-electron chi connectivity index (χ1n) is 8.21. The summed E-state index contributed by atoms with van der Waals surface area (Å²) in [6.07, 6.45) is 1.23. The highest BCUT2D eigenvalue weighted by Gasteiger charge is 2.41. The van der Waals surface area contributed by atoms with Crippen molar-refractivity contribution in [1.29, 1.82) is 0 Å². The van der Waals surface area contributed by atoms with Crippen LogP contribution < -0.4 is 14.8 Å². The van der Waals surface area contributed by atoms with E-state index in [1.165, 1.54) is 0 Å². The molecule has 0 radical (unpaired) electrons. The molecule has 1 saturated carbocycles. The number of aliphatic carboxylic acids is 1. The lowest BCUT2D eigenvalue weighted by atomic mass is 9.73. The molecule has 1 aliphatic carbocycles. The molecule has 1 fully saturated rings. The van der Waals surface area contributed by atoms with Gasteiger partial charge in [0.2, 0.25) is 5.91 Å². The van der Waals surface area contributed by atoms with Gasteiger partial charge in [0.1, 0.15) is 0 Å². The zero-order valence-electron chi connectivity index (χ0n) is 14.5. The first kappa shape index (κ1) is 18.1. The van der Waals surface area contributed by atoms with Crippen LogP contribution in [0.1, 0.15) is 45.2 Å². The van der Waals surface area contributed by atoms with Crippen molar-refractivity contribution >= 4 is 11.9 Å². The van der Waals surface area contributed by atoms with Gasteiger partial charge in [0, 0.05) is 0 Å². The Kier molecular flexibility index (Phi) is 5.70. The summed E-state index contributed by atoms with van der Waals surface area (Å²) >= 11 is 0. The summed E-state index contributed by atoms with van der Waals surface area (Å²) in [7, 11) is 1.57. The predicted molar refractivity (Wildman–Crippen MR) is 89.2 cm³/mol. The number of hydrogen-bond donors (Lipinski definition) is 2. The van der Waals surface area contributed by atoms with E-state index in [2.05, 4.69) is 5.32 Å². The van der Waals surface area contributed by atoms with Crippen LogP contribution in [0.2, 0.25) is 0 Å². The second kappa shape index (κ2) is 7.55. The third-order valence-electron chi connectivity index (χ3n) is 4.34. The summed E-state index contributed by atoms with van der Waals surface area (Å²) < 4.78 is 11.0. The fourth-order valence-electron chi connectivity index (χ4n) is 2.82. The monoisotopic (exact) mass is 335 g/mol. The molecular weight excluding hydrogens is 310 g/mol. The van der Waals surface area contributed by atoms with Crippen LogP contribution >= 0.6 is 0 Å². The Hall–Kier alpha value is -2.24. The van der Waals surface area contributed by atoms with Gasteiger partial charge >= 0.3 is 5.97 Å². The molecule has 132 valence electrons. The minimum absolute atomic E-state index is 0.0356. The summed E-state index contributed by atoms with van der Waals surface area (Å²) in [6, 6.07) is 5.29. The van der Waals surface area contributed by atoms with Crippen molar-refractivity contribution in [3.63, 3.8) is 0 Å². The molecule has 3 atom stereocenters. The molecule has 2 N–H and O–H groups in total. The van der Waals surface area contributed by atoms with Crippen LogP contribution in [0, 0.1) is 11.8 Å². The first-order valence-corrected chi connectivity index (χ1v) is 8.21. The van der Waals surface area contributed by atoms with Gasteiger partial charge < -0.3 is 19.9 Å². The van der Waals surface area contributed by atoms with E-state index in [-0.39, 0.29) is 18.1 Å². The normalized spacial score (nSPS) is 20.9. The molecule has 6 heteroatoms. The molecule has 0 bridgehead atoms. The van der Waals surface area contributed by atoms with Crippen molar-refractivity contribution in [3.05, 3.63) is 23.8 Å². The quantitative estimate of drug-likeness (QED) is 0.800. The molecule has 1 amide bonds. The van der Waals surface area contributed by atoms with Crippen molar-refractivity contribution in [2.45, 2.75) is 45.8 Å². The molecule has 1 aromatic carbocycles. The van der Waals surface area contributed by atoms with Crippen LogP contribution in [0.15, 0.2) is 18.2 Å². The van der Waals surface area contributed by atoms with E-state index < -0.39 is 17.8 Å². The maximum Gasteiger partial charge on any atom is 0.307 e. The molecule has 0 aliphatic heterocycles. The van der Waals surface area contributed by atoms with Gasteiger partial charge in [-0.3, -0.25) is 9.59 Å². The Balaban J connectivity index is 2.05. The van der Waals surface area contributed by atoms with Gasteiger partial charge in [0.05, 0.1) is 31.1 Å². The van der Waals surface area contributed by atoms with Gasteiger partial charge in [-0.25, -0.2) is 0 Å². The molecule has 24 heavy (non-hydrogen) atoms. The fraction of sp³-hybridized carbons (Fsp3) is 0.556. The van der Waals surface area contributed by atoms with Gasteiger partial charge in [0.25, 0.3) is 0 Å². The number of carbonyl (C=O) groups is 2. The lowest BCUT2D eigenvalue weighted by Crippen LogP contribution is -2.44. The number of amides is 1. The lowest BCUT2D eigenvalue weighted by Gasteiger charge is -2.33. The van der Waals surface area contributed by atoms with Crippen molar-refractivity contribution in [2.75, 3.05) is 7.11 Å². The number of rotatable bonds is 7.